The van der Waals surface area contributed by atoms with Crippen LogP contribution < -0.4 is 10.5 Å². The first-order valence-corrected chi connectivity index (χ1v) is 5.94. The van der Waals surface area contributed by atoms with Crippen molar-refractivity contribution in [3.8, 4) is 23.8 Å². The van der Waals surface area contributed by atoms with Crippen LogP contribution >= 0.6 is 0 Å². The molecule has 0 radical (unpaired) electrons. The molecule has 0 spiro atoms. The minimum absolute atomic E-state index is 0.0270. The molecule has 0 saturated heterocycles. The Balaban J connectivity index is 1.90. The van der Waals surface area contributed by atoms with E-state index in [-0.39, 0.29) is 17.9 Å². The number of aromatic nitrogens is 5. The van der Waals surface area contributed by atoms with E-state index in [0.717, 1.165) is 0 Å². The molecule has 0 aliphatic heterocycles. The summed E-state index contributed by atoms with van der Waals surface area (Å²) < 4.78 is 6.95. The summed E-state index contributed by atoms with van der Waals surface area (Å²) in [6.45, 7) is 0. The lowest BCUT2D eigenvalue weighted by molar-refractivity contribution is 0.438. The summed E-state index contributed by atoms with van der Waals surface area (Å²) in [7, 11) is 0. The third-order valence-corrected chi connectivity index (χ3v) is 2.52. The largest absolute Gasteiger partial charge is 0.424 e. The van der Waals surface area contributed by atoms with Gasteiger partial charge in [0.1, 0.15) is 5.75 Å². The second kappa shape index (κ2) is 5.26. The molecule has 21 heavy (non-hydrogen) atoms. The van der Waals surface area contributed by atoms with E-state index >= 15 is 0 Å². The number of hydrogen-bond acceptors (Lipinski definition) is 7. The molecule has 3 rings (SSSR count). The molecule has 0 amide bonds. The SMILES string of the molecule is N#Cc1ccc(Oc2nc(N)nc(-n3cccn3)n2)cc1. The van der Waals surface area contributed by atoms with Crippen molar-refractivity contribution < 1.29 is 4.74 Å². The van der Waals surface area contributed by atoms with Gasteiger partial charge >= 0.3 is 6.01 Å². The second-order valence-electron chi connectivity index (χ2n) is 3.97. The summed E-state index contributed by atoms with van der Waals surface area (Å²) in [5.74, 6) is 0.779. The third kappa shape index (κ3) is 2.76. The molecule has 0 unspecified atom stereocenters. The summed E-state index contributed by atoms with van der Waals surface area (Å²) in [5, 5.41) is 12.8. The van der Waals surface area contributed by atoms with Gasteiger partial charge in [-0.15, -0.1) is 0 Å². The molecule has 1 aromatic carbocycles. The molecule has 102 valence electrons. The molecule has 0 fully saturated rings. The van der Waals surface area contributed by atoms with Crippen molar-refractivity contribution in [1.29, 1.82) is 5.26 Å². The Hall–Kier alpha value is -3.47. The highest BCUT2D eigenvalue weighted by Crippen LogP contribution is 2.19. The van der Waals surface area contributed by atoms with Gasteiger partial charge in [0, 0.05) is 12.4 Å². The van der Waals surface area contributed by atoms with Gasteiger partial charge < -0.3 is 10.5 Å². The van der Waals surface area contributed by atoms with E-state index in [1.165, 1.54) is 4.68 Å². The van der Waals surface area contributed by atoms with E-state index in [2.05, 4.69) is 20.1 Å². The van der Waals surface area contributed by atoms with Crippen molar-refractivity contribution in [2.45, 2.75) is 0 Å². The number of nitriles is 1. The third-order valence-electron chi connectivity index (χ3n) is 2.52. The molecule has 0 bridgehead atoms. The lowest BCUT2D eigenvalue weighted by atomic mass is 10.2. The molecule has 2 heterocycles. The molecule has 2 N–H and O–H groups in total. The van der Waals surface area contributed by atoms with Crippen LogP contribution in [0.4, 0.5) is 5.95 Å². The molecule has 8 heteroatoms. The first-order valence-electron chi connectivity index (χ1n) is 5.94. The minimum atomic E-state index is 0.0270. The summed E-state index contributed by atoms with van der Waals surface area (Å²) in [6.07, 6.45) is 3.28. The van der Waals surface area contributed by atoms with Crippen molar-refractivity contribution in [2.24, 2.45) is 0 Å². The van der Waals surface area contributed by atoms with Crippen molar-refractivity contribution in [2.75, 3.05) is 5.73 Å². The Morgan fingerprint density at radius 3 is 2.62 bits per heavy atom. The molecule has 0 saturated carbocycles. The summed E-state index contributed by atoms with van der Waals surface area (Å²) >= 11 is 0. The molecular formula is C13H9N7O. The number of nitrogens with zero attached hydrogens (tertiary/aromatic N) is 6. The maximum atomic E-state index is 8.75. The van der Waals surface area contributed by atoms with Crippen molar-refractivity contribution in [3.63, 3.8) is 0 Å². The average Bonchev–Trinajstić information content (AvgIpc) is 3.02. The number of anilines is 1. The van der Waals surface area contributed by atoms with Crippen LogP contribution in [0.25, 0.3) is 5.95 Å². The van der Waals surface area contributed by atoms with Gasteiger partial charge in [-0.25, -0.2) is 4.68 Å². The van der Waals surface area contributed by atoms with Crippen LogP contribution in [0.15, 0.2) is 42.7 Å². The Labute approximate surface area is 119 Å². The molecule has 8 nitrogen and oxygen atoms in total. The number of hydrogen-bond donors (Lipinski definition) is 1. The zero-order chi connectivity index (χ0) is 14.7. The number of nitrogen functional groups attached to an aromatic ring is 1. The zero-order valence-corrected chi connectivity index (χ0v) is 10.7. The molecule has 0 aliphatic carbocycles. The van der Waals surface area contributed by atoms with Gasteiger partial charge in [-0.3, -0.25) is 0 Å². The fourth-order valence-electron chi connectivity index (χ4n) is 1.60. The quantitative estimate of drug-likeness (QED) is 0.768. The van der Waals surface area contributed by atoms with Gasteiger partial charge in [0.05, 0.1) is 11.6 Å². The van der Waals surface area contributed by atoms with Crippen LogP contribution in [0, 0.1) is 11.3 Å². The minimum Gasteiger partial charge on any atom is -0.424 e. The maximum absolute atomic E-state index is 8.75. The van der Waals surface area contributed by atoms with E-state index in [4.69, 9.17) is 15.7 Å². The van der Waals surface area contributed by atoms with Gasteiger partial charge in [-0.1, -0.05) is 0 Å². The first-order chi connectivity index (χ1) is 10.2. The Bertz CT molecular complexity index is 790. The summed E-state index contributed by atoms with van der Waals surface area (Å²) in [4.78, 5) is 12.0. The normalized spacial score (nSPS) is 10.0. The predicted molar refractivity (Wildman–Crippen MR) is 72.6 cm³/mol. The number of benzene rings is 1. The van der Waals surface area contributed by atoms with Gasteiger partial charge in [0.25, 0.3) is 5.95 Å². The highest BCUT2D eigenvalue weighted by molar-refractivity contribution is 5.36. The number of nitrogens with two attached hydrogens (primary N) is 1. The molecule has 0 aliphatic rings. The summed E-state index contributed by atoms with van der Waals surface area (Å²) in [6, 6.07) is 10.4. The maximum Gasteiger partial charge on any atom is 0.328 e. The van der Waals surface area contributed by atoms with Crippen LogP contribution in [0.1, 0.15) is 5.56 Å². The van der Waals surface area contributed by atoms with Gasteiger partial charge in [-0.2, -0.15) is 25.3 Å². The van der Waals surface area contributed by atoms with Crippen LogP contribution in [0.2, 0.25) is 0 Å². The van der Waals surface area contributed by atoms with Gasteiger partial charge in [0.15, 0.2) is 0 Å². The molecular weight excluding hydrogens is 270 g/mol. The van der Waals surface area contributed by atoms with E-state index < -0.39 is 0 Å². The molecule has 3 aromatic rings. The Morgan fingerprint density at radius 1 is 1.14 bits per heavy atom. The topological polar surface area (TPSA) is 116 Å². The lowest BCUT2D eigenvalue weighted by Gasteiger charge is -2.06. The fraction of sp³-hybridized carbons (Fsp3) is 0. The highest BCUT2D eigenvalue weighted by atomic mass is 16.5. The van der Waals surface area contributed by atoms with Crippen molar-refractivity contribution in [3.05, 3.63) is 48.3 Å². The van der Waals surface area contributed by atoms with Crippen molar-refractivity contribution >= 4 is 5.95 Å². The summed E-state index contributed by atoms with van der Waals surface area (Å²) in [5.41, 5.74) is 6.18. The average molecular weight is 279 g/mol. The monoisotopic (exact) mass is 279 g/mol. The second-order valence-corrected chi connectivity index (χ2v) is 3.97. The fourth-order valence-corrected chi connectivity index (χ4v) is 1.60. The number of ether oxygens (including phenoxy) is 1. The van der Waals surface area contributed by atoms with E-state index in [9.17, 15) is 0 Å². The molecule has 2 aromatic heterocycles. The van der Waals surface area contributed by atoms with Crippen LogP contribution in [-0.4, -0.2) is 24.7 Å². The standard InChI is InChI=1S/C13H9N7O/c14-8-9-2-4-10(5-3-9)21-13-18-11(15)17-12(19-13)20-7-1-6-16-20/h1-7H,(H2,15,17,18,19). The predicted octanol–water partition coefficient (Wildman–Crippen LogP) is 1.30. The zero-order valence-electron chi connectivity index (χ0n) is 10.7. The Kier molecular flexibility index (Phi) is 3.15. The lowest BCUT2D eigenvalue weighted by Crippen LogP contribution is -2.07. The van der Waals surface area contributed by atoms with E-state index in [1.807, 2.05) is 6.07 Å². The van der Waals surface area contributed by atoms with Crippen molar-refractivity contribution in [1.82, 2.24) is 24.7 Å². The van der Waals surface area contributed by atoms with Crippen LogP contribution in [0.5, 0.6) is 11.8 Å². The molecule has 0 atom stereocenters. The van der Waals surface area contributed by atoms with Gasteiger partial charge in [0.2, 0.25) is 5.95 Å². The highest BCUT2D eigenvalue weighted by Gasteiger charge is 2.08. The van der Waals surface area contributed by atoms with Gasteiger partial charge in [-0.05, 0) is 30.3 Å². The Morgan fingerprint density at radius 2 is 1.95 bits per heavy atom. The first kappa shape index (κ1) is 12.6. The smallest absolute Gasteiger partial charge is 0.328 e. The van der Waals surface area contributed by atoms with Crippen LogP contribution in [0.3, 0.4) is 0 Å². The number of rotatable bonds is 3. The van der Waals surface area contributed by atoms with E-state index in [1.54, 1.807) is 42.7 Å². The van der Waals surface area contributed by atoms with Crippen LogP contribution in [-0.2, 0) is 0 Å². The van der Waals surface area contributed by atoms with E-state index in [0.29, 0.717) is 11.3 Å².